The lowest BCUT2D eigenvalue weighted by Crippen LogP contribution is -2.45. The molecule has 2 aliphatic rings. The molecular formula is C40H36ClF9N8O7. The van der Waals surface area contributed by atoms with Gasteiger partial charge in [0.1, 0.15) is 10.8 Å². The van der Waals surface area contributed by atoms with Gasteiger partial charge >= 0.3 is 42.4 Å². The lowest BCUT2D eigenvalue weighted by molar-refractivity contribution is -0.193. The molecule has 25 heteroatoms. The van der Waals surface area contributed by atoms with Crippen molar-refractivity contribution in [2.75, 3.05) is 36.8 Å². The van der Waals surface area contributed by atoms with Crippen LogP contribution in [0.25, 0.3) is 0 Å². The van der Waals surface area contributed by atoms with E-state index in [2.05, 4.69) is 88.9 Å². The number of aliphatic carboxylic acids is 3. The fraction of sp³-hybridized carbons (Fsp3) is 0.275. The lowest BCUT2D eigenvalue weighted by atomic mass is 10.0. The molecule has 1 fully saturated rings. The Morgan fingerprint density at radius 3 is 1.68 bits per heavy atom. The van der Waals surface area contributed by atoms with Crippen LogP contribution >= 0.6 is 11.6 Å². The summed E-state index contributed by atoms with van der Waals surface area (Å²) in [7, 11) is 0. The highest BCUT2D eigenvalue weighted by Crippen LogP contribution is 2.29. The first-order chi connectivity index (χ1) is 30.4. The number of anilines is 4. The number of hydrogen-bond acceptors (Lipinski definition) is 12. The Morgan fingerprint density at radius 1 is 0.631 bits per heavy atom. The van der Waals surface area contributed by atoms with Crippen LogP contribution in [0.4, 0.5) is 62.7 Å². The summed E-state index contributed by atoms with van der Waals surface area (Å²) in [5.74, 6) is -6.44. The zero-order chi connectivity index (χ0) is 48.0. The van der Waals surface area contributed by atoms with Crippen molar-refractivity contribution in [1.82, 2.24) is 29.7 Å². The number of benzene rings is 3. The topological polar surface area (TPSA) is 203 Å². The molecule has 0 radical (unpaired) electrons. The summed E-state index contributed by atoms with van der Waals surface area (Å²) in [5, 5.41) is 28.6. The highest BCUT2D eigenvalue weighted by atomic mass is 35.5. The number of halogens is 10. The minimum absolute atomic E-state index is 0.355. The zero-order valence-electron chi connectivity index (χ0n) is 33.3. The van der Waals surface area contributed by atoms with Crippen LogP contribution in [0.2, 0.25) is 5.02 Å². The monoisotopic (exact) mass is 946 g/mol. The molecule has 5 aromatic rings. The number of rotatable bonds is 6. The van der Waals surface area contributed by atoms with Gasteiger partial charge in [0.05, 0.1) is 6.20 Å². The number of carboxylic acids is 3. The Morgan fingerprint density at radius 2 is 1.14 bits per heavy atom. The Hall–Kier alpha value is -6.79. The van der Waals surface area contributed by atoms with Crippen LogP contribution < -0.4 is 15.4 Å². The SMILES string of the molecule is Clc1cnc2nc1Nc1cc(cc(CN3CCN(Cc4ccc(Oc5ncccn5)cc4)CC3)c1)CCc1cccc(c1)N2.O=C(O)C(F)(F)F.O=C(O)C(F)(F)F.O=C(O)C(F)(F)F. The average molecular weight is 947 g/mol. The minimum atomic E-state index is -5.08. The van der Waals surface area contributed by atoms with Crippen molar-refractivity contribution < 1.29 is 74.0 Å². The van der Waals surface area contributed by atoms with Crippen molar-refractivity contribution >= 4 is 52.6 Å². The van der Waals surface area contributed by atoms with Crippen LogP contribution in [-0.2, 0) is 40.3 Å². The summed E-state index contributed by atoms with van der Waals surface area (Å²) in [6, 6.07) is 25.5. The van der Waals surface area contributed by atoms with E-state index in [1.54, 1.807) is 24.7 Å². The van der Waals surface area contributed by atoms with Gasteiger partial charge in [-0.15, -0.1) is 0 Å². The fourth-order valence-electron chi connectivity index (χ4n) is 5.67. The molecular weight excluding hydrogens is 911 g/mol. The van der Waals surface area contributed by atoms with E-state index in [-0.39, 0.29) is 0 Å². The third kappa shape index (κ3) is 17.7. The van der Waals surface area contributed by atoms with E-state index in [9.17, 15) is 39.5 Å². The van der Waals surface area contributed by atoms with Gasteiger partial charge in [0, 0.05) is 63.0 Å². The molecule has 4 heterocycles. The first-order valence-electron chi connectivity index (χ1n) is 18.6. The van der Waals surface area contributed by atoms with Crippen molar-refractivity contribution in [3.8, 4) is 11.8 Å². The molecule has 0 unspecified atom stereocenters. The van der Waals surface area contributed by atoms with Crippen LogP contribution in [0.3, 0.4) is 0 Å². The highest BCUT2D eigenvalue weighted by molar-refractivity contribution is 6.32. The Kier molecular flexibility index (Phi) is 17.8. The van der Waals surface area contributed by atoms with Gasteiger partial charge in [-0.2, -0.15) is 44.5 Å². The van der Waals surface area contributed by atoms with Gasteiger partial charge in [0.2, 0.25) is 5.95 Å². The largest absolute Gasteiger partial charge is 0.490 e. The Balaban J connectivity index is 0.000000366. The zero-order valence-corrected chi connectivity index (χ0v) is 34.0. The Bertz CT molecular complexity index is 2310. The first kappa shape index (κ1) is 50.9. The summed E-state index contributed by atoms with van der Waals surface area (Å²) in [5.41, 5.74) is 7.05. The van der Waals surface area contributed by atoms with Crippen LogP contribution in [0.1, 0.15) is 22.3 Å². The molecule has 0 saturated carbocycles. The lowest BCUT2D eigenvalue weighted by Gasteiger charge is -2.35. The van der Waals surface area contributed by atoms with Crippen molar-refractivity contribution in [2.45, 2.75) is 44.5 Å². The molecule has 348 valence electrons. The van der Waals surface area contributed by atoms with Gasteiger partial charge in [-0.25, -0.2) is 29.3 Å². The van der Waals surface area contributed by atoms with E-state index in [4.69, 9.17) is 46.0 Å². The predicted molar refractivity (Wildman–Crippen MR) is 214 cm³/mol. The molecule has 5 N–H and O–H groups in total. The molecule has 0 aliphatic carbocycles. The van der Waals surface area contributed by atoms with Crippen molar-refractivity contribution in [3.63, 3.8) is 0 Å². The summed E-state index contributed by atoms with van der Waals surface area (Å²) < 4.78 is 101. The normalized spacial score (nSPS) is 13.9. The van der Waals surface area contributed by atoms with Crippen LogP contribution in [-0.4, -0.2) is 108 Å². The second-order valence-electron chi connectivity index (χ2n) is 13.6. The van der Waals surface area contributed by atoms with E-state index in [0.29, 0.717) is 22.8 Å². The van der Waals surface area contributed by atoms with E-state index in [1.807, 2.05) is 18.2 Å². The van der Waals surface area contributed by atoms with E-state index in [1.165, 1.54) is 22.3 Å². The maximum atomic E-state index is 10.6. The molecule has 65 heavy (non-hydrogen) atoms. The van der Waals surface area contributed by atoms with Crippen molar-refractivity contribution in [1.29, 1.82) is 0 Å². The number of nitrogens with one attached hydrogen (secondary N) is 2. The summed E-state index contributed by atoms with van der Waals surface area (Å²) in [6.45, 7) is 5.87. The number of carboxylic acid groups (broad SMARTS) is 3. The van der Waals surface area contributed by atoms with E-state index >= 15 is 0 Å². The number of hydrogen-bond donors (Lipinski definition) is 5. The average Bonchev–Trinajstić information content (AvgIpc) is 3.23. The van der Waals surface area contributed by atoms with E-state index in [0.717, 1.165) is 69.2 Å². The number of aryl methyl sites for hydroxylation is 2. The third-order valence-electron chi connectivity index (χ3n) is 8.62. The maximum Gasteiger partial charge on any atom is 0.490 e. The predicted octanol–water partition coefficient (Wildman–Crippen LogP) is 8.52. The molecule has 2 aliphatic heterocycles. The number of piperazine rings is 1. The first-order valence-corrected chi connectivity index (χ1v) is 19.0. The summed E-state index contributed by atoms with van der Waals surface area (Å²) in [4.78, 5) is 49.0. The molecule has 6 bridgehead atoms. The quantitative estimate of drug-likeness (QED) is 0.101. The van der Waals surface area contributed by atoms with Gasteiger partial charge < -0.3 is 30.7 Å². The third-order valence-corrected chi connectivity index (χ3v) is 8.90. The molecule has 3 aromatic carbocycles. The smallest absolute Gasteiger partial charge is 0.475 e. The number of nitrogens with zero attached hydrogens (tertiary/aromatic N) is 6. The van der Waals surface area contributed by atoms with Gasteiger partial charge in [-0.1, -0.05) is 41.9 Å². The highest BCUT2D eigenvalue weighted by Gasteiger charge is 2.39. The number of ether oxygens (including phenoxy) is 1. The minimum Gasteiger partial charge on any atom is -0.475 e. The van der Waals surface area contributed by atoms with Crippen LogP contribution in [0, 0.1) is 0 Å². The standard InChI is InChI=1S/C34H33ClN8O.3C2HF3O2/c35-31-21-38-33-40-28-4-1-3-24(18-28)5-6-26-17-27(20-29(19-26)39-32(31)41-33)23-43-15-13-42(14-16-43)22-25-7-9-30(10-8-25)44-34-36-11-2-12-37-34;3*3-2(4,5)1(6)7/h1-4,7-12,17-21H,5-6,13-16,22-23H2,(H2,38,39,40,41);3*(H,6,7). The molecule has 15 nitrogen and oxygen atoms in total. The van der Waals surface area contributed by atoms with Crippen LogP contribution in [0.15, 0.2) is 91.4 Å². The number of fused-ring (bicyclic) bond motifs is 6. The molecule has 1 saturated heterocycles. The fourth-order valence-corrected chi connectivity index (χ4v) is 5.81. The second-order valence-corrected chi connectivity index (χ2v) is 14.0. The van der Waals surface area contributed by atoms with Crippen LogP contribution in [0.5, 0.6) is 11.8 Å². The number of aromatic nitrogens is 4. The molecule has 7 rings (SSSR count). The summed E-state index contributed by atoms with van der Waals surface area (Å²) in [6.07, 6.45) is -8.38. The van der Waals surface area contributed by atoms with Gasteiger partial charge in [0.25, 0.3) is 0 Å². The van der Waals surface area contributed by atoms with E-state index < -0.39 is 36.4 Å². The van der Waals surface area contributed by atoms with Crippen molar-refractivity contribution in [2.24, 2.45) is 0 Å². The molecule has 0 atom stereocenters. The van der Waals surface area contributed by atoms with Gasteiger partial charge in [-0.05, 0) is 77.6 Å². The molecule has 2 aromatic heterocycles. The second kappa shape index (κ2) is 22.7. The molecule has 0 spiro atoms. The number of alkyl halides is 9. The van der Waals surface area contributed by atoms with Gasteiger partial charge in [-0.3, -0.25) is 9.80 Å². The molecule has 0 amide bonds. The Labute approximate surface area is 367 Å². The van der Waals surface area contributed by atoms with Gasteiger partial charge in [0.15, 0.2) is 5.82 Å². The van der Waals surface area contributed by atoms with Crippen molar-refractivity contribution in [3.05, 3.63) is 119 Å². The maximum absolute atomic E-state index is 10.6. The number of carbonyl (C=O) groups is 3. The summed E-state index contributed by atoms with van der Waals surface area (Å²) >= 11 is 6.50.